The summed E-state index contributed by atoms with van der Waals surface area (Å²) in [5.74, 6) is -0.688. The van der Waals surface area contributed by atoms with Gasteiger partial charge in [-0.15, -0.1) is 0 Å². The maximum atomic E-state index is 10.4. The van der Waals surface area contributed by atoms with Gasteiger partial charge in [-0.2, -0.15) is 0 Å². The molecule has 0 saturated heterocycles. The molecule has 0 spiro atoms. The van der Waals surface area contributed by atoms with Crippen LogP contribution >= 0.6 is 0 Å². The third-order valence-corrected chi connectivity index (χ3v) is 1.56. The van der Waals surface area contributed by atoms with Crippen molar-refractivity contribution in [1.29, 1.82) is 0 Å². The maximum Gasteiger partial charge on any atom is 0.356 e. The van der Waals surface area contributed by atoms with Crippen molar-refractivity contribution in [3.8, 4) is 0 Å². The van der Waals surface area contributed by atoms with Crippen LogP contribution in [0.3, 0.4) is 0 Å². The van der Waals surface area contributed by atoms with Gasteiger partial charge >= 0.3 is 5.97 Å². The molecule has 0 saturated carbocycles. The first-order valence-corrected chi connectivity index (χ1v) is 3.59. The Bertz CT molecular complexity index is 271. The highest BCUT2D eigenvalue weighted by Gasteiger charge is 2.10. The number of imidazole rings is 1. The molecule has 5 nitrogen and oxygen atoms in total. The zero-order valence-electron chi connectivity index (χ0n) is 6.69. The van der Waals surface area contributed by atoms with Crippen LogP contribution in [0.15, 0.2) is 6.20 Å². The Morgan fingerprint density at radius 1 is 1.75 bits per heavy atom. The zero-order valence-corrected chi connectivity index (χ0v) is 6.69. The normalized spacial score (nSPS) is 10.2. The van der Waals surface area contributed by atoms with E-state index in [4.69, 9.17) is 10.2 Å². The molecule has 12 heavy (non-hydrogen) atoms. The molecule has 1 aromatic rings. The van der Waals surface area contributed by atoms with Gasteiger partial charge in [0.2, 0.25) is 0 Å². The van der Waals surface area contributed by atoms with Crippen LogP contribution in [-0.2, 0) is 13.2 Å². The van der Waals surface area contributed by atoms with E-state index in [1.54, 1.807) is 4.57 Å². The molecule has 0 bridgehead atoms. The van der Waals surface area contributed by atoms with Crippen LogP contribution in [0.4, 0.5) is 0 Å². The van der Waals surface area contributed by atoms with E-state index in [0.29, 0.717) is 12.4 Å². The van der Waals surface area contributed by atoms with Crippen molar-refractivity contribution in [1.82, 2.24) is 9.55 Å². The number of aromatic nitrogens is 2. The Hall–Kier alpha value is -1.36. The first kappa shape index (κ1) is 8.73. The molecular weight excluding hydrogens is 160 g/mol. The second kappa shape index (κ2) is 3.36. The molecule has 0 aliphatic heterocycles. The van der Waals surface area contributed by atoms with E-state index in [1.165, 1.54) is 6.20 Å². The molecule has 66 valence electrons. The minimum absolute atomic E-state index is 0.0269. The Morgan fingerprint density at radius 2 is 2.42 bits per heavy atom. The Labute approximate surface area is 69.3 Å². The van der Waals surface area contributed by atoms with E-state index < -0.39 is 5.97 Å². The molecule has 0 aliphatic rings. The highest BCUT2D eigenvalue weighted by molar-refractivity contribution is 5.85. The number of carboxylic acids is 1. The van der Waals surface area contributed by atoms with E-state index in [1.807, 2.05) is 6.92 Å². The molecule has 1 aromatic heterocycles. The number of aliphatic hydroxyl groups is 1. The van der Waals surface area contributed by atoms with Crippen LogP contribution in [0.2, 0.25) is 0 Å². The number of rotatable bonds is 3. The number of hydrogen-bond donors (Lipinski definition) is 2. The molecule has 1 heterocycles. The summed E-state index contributed by atoms with van der Waals surface area (Å²) in [6.07, 6.45) is 1.41. The Balaban J connectivity index is 3.05. The summed E-state index contributed by atoms with van der Waals surface area (Å²) in [5, 5.41) is 17.3. The summed E-state index contributed by atoms with van der Waals surface area (Å²) in [6.45, 7) is 2.23. The van der Waals surface area contributed by atoms with Crippen molar-refractivity contribution in [2.45, 2.75) is 20.1 Å². The highest BCUT2D eigenvalue weighted by atomic mass is 16.4. The standard InChI is InChI=1S/C7H10N2O3/c1-2-9-3-5(7(11)12)8-6(9)4-10/h3,10H,2,4H2,1H3,(H,11,12). The molecular formula is C7H10N2O3. The van der Waals surface area contributed by atoms with E-state index in [-0.39, 0.29) is 12.3 Å². The average Bonchev–Trinajstić information content (AvgIpc) is 2.46. The van der Waals surface area contributed by atoms with Crippen LogP contribution in [-0.4, -0.2) is 25.7 Å². The SMILES string of the molecule is CCn1cc(C(=O)O)nc1CO. The molecule has 0 amide bonds. The molecule has 0 unspecified atom stereocenters. The summed E-state index contributed by atoms with van der Waals surface area (Å²) in [6, 6.07) is 0. The number of carbonyl (C=O) groups is 1. The summed E-state index contributed by atoms with van der Waals surface area (Å²) in [4.78, 5) is 14.2. The van der Waals surface area contributed by atoms with E-state index in [9.17, 15) is 4.79 Å². The van der Waals surface area contributed by atoms with Crippen molar-refractivity contribution in [3.63, 3.8) is 0 Å². The lowest BCUT2D eigenvalue weighted by molar-refractivity contribution is 0.0690. The fourth-order valence-corrected chi connectivity index (χ4v) is 0.957. The van der Waals surface area contributed by atoms with Crippen molar-refractivity contribution in [2.75, 3.05) is 0 Å². The van der Waals surface area contributed by atoms with Crippen molar-refractivity contribution >= 4 is 5.97 Å². The van der Waals surface area contributed by atoms with Gasteiger partial charge in [-0.3, -0.25) is 0 Å². The molecule has 1 rings (SSSR count). The lowest BCUT2D eigenvalue weighted by Gasteiger charge is -1.98. The molecule has 0 aliphatic carbocycles. The molecule has 0 aromatic carbocycles. The number of aromatic carboxylic acids is 1. The molecule has 2 N–H and O–H groups in total. The number of hydrogen-bond acceptors (Lipinski definition) is 3. The van der Waals surface area contributed by atoms with Crippen LogP contribution < -0.4 is 0 Å². The van der Waals surface area contributed by atoms with Gasteiger partial charge in [0.25, 0.3) is 0 Å². The van der Waals surface area contributed by atoms with Gasteiger partial charge in [0.05, 0.1) is 0 Å². The summed E-state index contributed by atoms with van der Waals surface area (Å²) in [5.41, 5.74) is -0.0269. The number of aryl methyl sites for hydroxylation is 1. The number of carboxylic acid groups (broad SMARTS) is 1. The minimum atomic E-state index is -1.07. The Morgan fingerprint density at radius 3 is 2.75 bits per heavy atom. The largest absolute Gasteiger partial charge is 0.476 e. The van der Waals surface area contributed by atoms with Gasteiger partial charge in [-0.05, 0) is 6.92 Å². The van der Waals surface area contributed by atoms with E-state index >= 15 is 0 Å². The van der Waals surface area contributed by atoms with E-state index in [2.05, 4.69) is 4.98 Å². The summed E-state index contributed by atoms with van der Waals surface area (Å²) < 4.78 is 1.60. The second-order valence-corrected chi connectivity index (χ2v) is 2.29. The number of aliphatic hydroxyl groups excluding tert-OH is 1. The maximum absolute atomic E-state index is 10.4. The van der Waals surface area contributed by atoms with Gasteiger partial charge in [-0.1, -0.05) is 0 Å². The van der Waals surface area contributed by atoms with Gasteiger partial charge in [0, 0.05) is 12.7 Å². The minimum Gasteiger partial charge on any atom is -0.476 e. The fraction of sp³-hybridized carbons (Fsp3) is 0.429. The monoisotopic (exact) mass is 170 g/mol. The quantitative estimate of drug-likeness (QED) is 0.674. The van der Waals surface area contributed by atoms with Gasteiger partial charge < -0.3 is 14.8 Å². The third-order valence-electron chi connectivity index (χ3n) is 1.56. The predicted molar refractivity (Wildman–Crippen MR) is 40.8 cm³/mol. The number of nitrogens with zero attached hydrogens (tertiary/aromatic N) is 2. The molecule has 5 heteroatoms. The molecule has 0 fully saturated rings. The first-order chi connectivity index (χ1) is 5.69. The lowest BCUT2D eigenvalue weighted by atomic mass is 10.5. The van der Waals surface area contributed by atoms with Crippen LogP contribution in [0.5, 0.6) is 0 Å². The zero-order chi connectivity index (χ0) is 9.14. The predicted octanol–water partition coefficient (Wildman–Crippen LogP) is 0.0935. The summed E-state index contributed by atoms with van der Waals surface area (Å²) >= 11 is 0. The Kier molecular flexibility index (Phi) is 2.44. The summed E-state index contributed by atoms with van der Waals surface area (Å²) in [7, 11) is 0. The molecule has 0 atom stereocenters. The van der Waals surface area contributed by atoms with Gasteiger partial charge in [0.1, 0.15) is 12.4 Å². The smallest absolute Gasteiger partial charge is 0.356 e. The highest BCUT2D eigenvalue weighted by Crippen LogP contribution is 2.03. The van der Waals surface area contributed by atoms with Crippen LogP contribution in [0, 0.1) is 0 Å². The van der Waals surface area contributed by atoms with E-state index in [0.717, 1.165) is 0 Å². The van der Waals surface area contributed by atoms with Crippen LogP contribution in [0.1, 0.15) is 23.2 Å². The first-order valence-electron chi connectivity index (χ1n) is 3.59. The topological polar surface area (TPSA) is 75.4 Å². The van der Waals surface area contributed by atoms with Gasteiger partial charge in [0.15, 0.2) is 5.69 Å². The van der Waals surface area contributed by atoms with Crippen molar-refractivity contribution in [3.05, 3.63) is 17.7 Å². The lowest BCUT2D eigenvalue weighted by Crippen LogP contribution is -1.99. The fourth-order valence-electron chi connectivity index (χ4n) is 0.957. The molecule has 0 radical (unpaired) electrons. The van der Waals surface area contributed by atoms with Crippen molar-refractivity contribution < 1.29 is 15.0 Å². The van der Waals surface area contributed by atoms with Crippen molar-refractivity contribution in [2.24, 2.45) is 0 Å². The second-order valence-electron chi connectivity index (χ2n) is 2.29. The third kappa shape index (κ3) is 1.45. The average molecular weight is 170 g/mol. The van der Waals surface area contributed by atoms with Crippen LogP contribution in [0.25, 0.3) is 0 Å². The van der Waals surface area contributed by atoms with Gasteiger partial charge in [-0.25, -0.2) is 9.78 Å².